The fourth-order valence-electron chi connectivity index (χ4n) is 2.96. The molecule has 0 aromatic heterocycles. The van der Waals surface area contributed by atoms with Crippen LogP contribution in [0.3, 0.4) is 0 Å². The Morgan fingerprint density at radius 2 is 1.62 bits per heavy atom. The first-order valence-electron chi connectivity index (χ1n) is 9.66. The molecular formula is C24H28O2. The molecule has 2 aromatic carbocycles. The zero-order valence-electron chi connectivity index (χ0n) is 15.6. The van der Waals surface area contributed by atoms with Gasteiger partial charge in [0.05, 0.1) is 0 Å². The average molecular weight is 348 g/mol. The van der Waals surface area contributed by atoms with Gasteiger partial charge in [-0.05, 0) is 54.9 Å². The van der Waals surface area contributed by atoms with Gasteiger partial charge in [0.1, 0.15) is 6.61 Å². The van der Waals surface area contributed by atoms with Crippen molar-refractivity contribution in [3.63, 3.8) is 0 Å². The summed E-state index contributed by atoms with van der Waals surface area (Å²) in [5, 5.41) is 0. The summed E-state index contributed by atoms with van der Waals surface area (Å²) in [5.41, 5.74) is 5.16. The predicted octanol–water partition coefficient (Wildman–Crippen LogP) is 5.53. The number of hydrogen-bond donors (Lipinski definition) is 0. The molecule has 0 heterocycles. The van der Waals surface area contributed by atoms with Crippen LogP contribution in [-0.2, 0) is 22.4 Å². The molecule has 1 fully saturated rings. The van der Waals surface area contributed by atoms with Crippen LogP contribution in [0, 0.1) is 12.8 Å². The van der Waals surface area contributed by atoms with E-state index in [1.54, 1.807) is 0 Å². The normalized spacial score (nSPS) is 13.9. The van der Waals surface area contributed by atoms with E-state index in [1.165, 1.54) is 29.5 Å². The van der Waals surface area contributed by atoms with Gasteiger partial charge in [-0.1, -0.05) is 73.0 Å². The predicted molar refractivity (Wildman–Crippen MR) is 107 cm³/mol. The lowest BCUT2D eigenvalue weighted by Crippen LogP contribution is -2.04. The number of esters is 1. The Bertz CT molecular complexity index is 722. The number of carbonyl (C=O) groups is 1. The van der Waals surface area contributed by atoms with Crippen LogP contribution in [0.4, 0.5) is 0 Å². The molecule has 0 spiro atoms. The Labute approximate surface area is 156 Å². The average Bonchev–Trinajstić information content (AvgIpc) is 3.49. The summed E-state index contributed by atoms with van der Waals surface area (Å²) in [6.45, 7) is 2.48. The number of carbonyl (C=O) groups excluding carboxylic acids is 1. The summed E-state index contributed by atoms with van der Waals surface area (Å²) in [6, 6.07) is 17.3. The Balaban J connectivity index is 1.37. The zero-order valence-corrected chi connectivity index (χ0v) is 15.6. The largest absolute Gasteiger partial charge is 0.461 e. The van der Waals surface area contributed by atoms with Gasteiger partial charge < -0.3 is 4.74 Å². The van der Waals surface area contributed by atoms with Crippen molar-refractivity contribution in [1.82, 2.24) is 0 Å². The van der Waals surface area contributed by atoms with Crippen LogP contribution in [0.1, 0.15) is 47.9 Å². The number of aryl methyl sites for hydroxylation is 3. The molecule has 26 heavy (non-hydrogen) atoms. The number of ether oxygens (including phenoxy) is 1. The zero-order chi connectivity index (χ0) is 18.2. The second-order valence-electron chi connectivity index (χ2n) is 7.29. The van der Waals surface area contributed by atoms with Gasteiger partial charge in [-0.25, -0.2) is 0 Å². The standard InChI is InChI=1S/C24H28O2/c1-19-4-6-21(7-5-19)12-13-22-10-8-20(9-11-22)3-2-18-26-24(25)17-16-23-14-15-23/h2-11,23H,12-18H2,1H3/b3-2+. The second kappa shape index (κ2) is 9.38. The highest BCUT2D eigenvalue weighted by molar-refractivity contribution is 5.69. The van der Waals surface area contributed by atoms with Crippen LogP contribution in [0.25, 0.3) is 6.08 Å². The molecule has 0 amide bonds. The maximum absolute atomic E-state index is 11.6. The van der Waals surface area contributed by atoms with E-state index in [0.29, 0.717) is 13.0 Å². The molecule has 1 aliphatic rings. The molecule has 2 aromatic rings. The third-order valence-electron chi connectivity index (χ3n) is 4.91. The lowest BCUT2D eigenvalue weighted by molar-refractivity contribution is -0.142. The summed E-state index contributed by atoms with van der Waals surface area (Å²) >= 11 is 0. The van der Waals surface area contributed by atoms with Crippen molar-refractivity contribution >= 4 is 12.0 Å². The second-order valence-corrected chi connectivity index (χ2v) is 7.29. The van der Waals surface area contributed by atoms with Crippen molar-refractivity contribution in [3.05, 3.63) is 76.9 Å². The topological polar surface area (TPSA) is 26.3 Å². The van der Waals surface area contributed by atoms with Gasteiger partial charge in [0, 0.05) is 6.42 Å². The van der Waals surface area contributed by atoms with Crippen LogP contribution < -0.4 is 0 Å². The summed E-state index contributed by atoms with van der Waals surface area (Å²) in [4.78, 5) is 11.6. The van der Waals surface area contributed by atoms with E-state index < -0.39 is 0 Å². The van der Waals surface area contributed by atoms with Gasteiger partial charge in [0.2, 0.25) is 0 Å². The third kappa shape index (κ3) is 6.51. The molecule has 0 atom stereocenters. The first kappa shape index (κ1) is 18.4. The minimum absolute atomic E-state index is 0.0759. The van der Waals surface area contributed by atoms with Gasteiger partial charge in [-0.15, -0.1) is 0 Å². The summed E-state index contributed by atoms with van der Waals surface area (Å²) in [5.74, 6) is 0.704. The number of benzene rings is 2. The van der Waals surface area contributed by atoms with E-state index >= 15 is 0 Å². The molecule has 2 heteroatoms. The van der Waals surface area contributed by atoms with E-state index in [0.717, 1.165) is 30.7 Å². The van der Waals surface area contributed by atoms with Crippen LogP contribution in [0.15, 0.2) is 54.6 Å². The molecular weight excluding hydrogens is 320 g/mol. The molecule has 1 saturated carbocycles. The maximum Gasteiger partial charge on any atom is 0.306 e. The van der Waals surface area contributed by atoms with Crippen molar-refractivity contribution in [1.29, 1.82) is 0 Å². The molecule has 0 N–H and O–H groups in total. The summed E-state index contributed by atoms with van der Waals surface area (Å²) < 4.78 is 5.24. The Morgan fingerprint density at radius 1 is 1.00 bits per heavy atom. The fraction of sp³-hybridized carbons (Fsp3) is 0.375. The Morgan fingerprint density at radius 3 is 2.23 bits per heavy atom. The molecule has 2 nitrogen and oxygen atoms in total. The number of hydrogen-bond acceptors (Lipinski definition) is 2. The third-order valence-corrected chi connectivity index (χ3v) is 4.91. The smallest absolute Gasteiger partial charge is 0.306 e. The van der Waals surface area contributed by atoms with E-state index in [-0.39, 0.29) is 5.97 Å². The van der Waals surface area contributed by atoms with E-state index in [2.05, 4.69) is 55.5 Å². The highest BCUT2D eigenvalue weighted by Crippen LogP contribution is 2.33. The SMILES string of the molecule is Cc1ccc(CCc2ccc(/C=C/COC(=O)CCC3CC3)cc2)cc1. The lowest BCUT2D eigenvalue weighted by Gasteiger charge is -2.04. The van der Waals surface area contributed by atoms with E-state index in [9.17, 15) is 4.79 Å². The first-order valence-corrected chi connectivity index (χ1v) is 9.66. The van der Waals surface area contributed by atoms with E-state index in [4.69, 9.17) is 4.74 Å². The van der Waals surface area contributed by atoms with Crippen LogP contribution in [-0.4, -0.2) is 12.6 Å². The maximum atomic E-state index is 11.6. The monoisotopic (exact) mass is 348 g/mol. The van der Waals surface area contributed by atoms with Gasteiger partial charge >= 0.3 is 5.97 Å². The van der Waals surface area contributed by atoms with Gasteiger partial charge in [-0.3, -0.25) is 4.79 Å². The van der Waals surface area contributed by atoms with Crippen LogP contribution in [0.5, 0.6) is 0 Å². The van der Waals surface area contributed by atoms with Gasteiger partial charge in [0.25, 0.3) is 0 Å². The minimum Gasteiger partial charge on any atom is -0.461 e. The molecule has 0 unspecified atom stereocenters. The highest BCUT2D eigenvalue weighted by Gasteiger charge is 2.21. The van der Waals surface area contributed by atoms with E-state index in [1.807, 2.05) is 12.2 Å². The van der Waals surface area contributed by atoms with Crippen molar-refractivity contribution in [2.45, 2.75) is 45.4 Å². The summed E-state index contributed by atoms with van der Waals surface area (Å²) in [7, 11) is 0. The highest BCUT2D eigenvalue weighted by atomic mass is 16.5. The molecule has 3 rings (SSSR count). The number of rotatable bonds is 9. The van der Waals surface area contributed by atoms with Crippen molar-refractivity contribution < 1.29 is 9.53 Å². The van der Waals surface area contributed by atoms with Gasteiger partial charge in [-0.2, -0.15) is 0 Å². The van der Waals surface area contributed by atoms with Crippen molar-refractivity contribution in [2.75, 3.05) is 6.61 Å². The van der Waals surface area contributed by atoms with Crippen molar-refractivity contribution in [3.8, 4) is 0 Å². The molecule has 0 saturated heterocycles. The molecule has 136 valence electrons. The lowest BCUT2D eigenvalue weighted by atomic mass is 10.0. The minimum atomic E-state index is -0.0759. The van der Waals surface area contributed by atoms with Crippen molar-refractivity contribution in [2.24, 2.45) is 5.92 Å². The Hall–Kier alpha value is -2.35. The quantitative estimate of drug-likeness (QED) is 0.557. The van der Waals surface area contributed by atoms with Crippen LogP contribution >= 0.6 is 0 Å². The van der Waals surface area contributed by atoms with Crippen LogP contribution in [0.2, 0.25) is 0 Å². The molecule has 0 radical (unpaired) electrons. The molecule has 1 aliphatic carbocycles. The molecule has 0 aliphatic heterocycles. The molecule has 0 bridgehead atoms. The summed E-state index contributed by atoms with van der Waals surface area (Å²) in [6.07, 6.45) is 10.2. The fourth-order valence-corrected chi connectivity index (χ4v) is 2.96. The Kier molecular flexibility index (Phi) is 6.65. The first-order chi connectivity index (χ1) is 12.7. The van der Waals surface area contributed by atoms with Gasteiger partial charge in [0.15, 0.2) is 0 Å².